The molecule has 5 nitrogen and oxygen atoms in total. The molecule has 29 heavy (non-hydrogen) atoms. The third-order valence-corrected chi connectivity index (χ3v) is 5.21. The van der Waals surface area contributed by atoms with E-state index >= 15 is 0 Å². The van der Waals surface area contributed by atoms with Crippen LogP contribution in [-0.2, 0) is 19.6 Å². The maximum Gasteiger partial charge on any atom is 0.169 e. The topological polar surface area (TPSA) is 42.3 Å². The van der Waals surface area contributed by atoms with Gasteiger partial charge in [0.25, 0.3) is 0 Å². The molecule has 0 amide bonds. The predicted octanol–water partition coefficient (Wildman–Crippen LogP) is 4.17. The number of aryl methyl sites for hydroxylation is 2. The van der Waals surface area contributed by atoms with Crippen LogP contribution in [0.15, 0.2) is 67.3 Å². The Hall–Kier alpha value is -2.86. The molecule has 0 aliphatic heterocycles. The molecule has 0 spiro atoms. The molecule has 0 atom stereocenters. The van der Waals surface area contributed by atoms with Crippen molar-refractivity contribution in [2.75, 3.05) is 13.7 Å². The molecule has 152 valence electrons. The molecule has 6 heteroatoms. The van der Waals surface area contributed by atoms with Gasteiger partial charge in [-0.1, -0.05) is 48.0 Å². The third-order valence-electron chi connectivity index (χ3n) is 4.81. The van der Waals surface area contributed by atoms with E-state index in [2.05, 4.69) is 57.0 Å². The number of nitrogens with one attached hydrogen (secondary N) is 1. The first-order valence-corrected chi connectivity index (χ1v) is 10.2. The monoisotopic (exact) mass is 408 g/mol. The van der Waals surface area contributed by atoms with Crippen LogP contribution in [-0.4, -0.2) is 33.2 Å². The highest BCUT2D eigenvalue weighted by molar-refractivity contribution is 7.80. The summed E-state index contributed by atoms with van der Waals surface area (Å²) in [6.45, 7) is 5.26. The van der Waals surface area contributed by atoms with Gasteiger partial charge in [0.15, 0.2) is 5.11 Å². The highest BCUT2D eigenvalue weighted by Crippen LogP contribution is 2.19. The largest absolute Gasteiger partial charge is 0.496 e. The number of hydrogen-bond donors (Lipinski definition) is 1. The lowest BCUT2D eigenvalue weighted by Gasteiger charge is -2.27. The summed E-state index contributed by atoms with van der Waals surface area (Å²) in [7, 11) is 1.70. The van der Waals surface area contributed by atoms with Gasteiger partial charge in [-0.05, 0) is 37.2 Å². The minimum absolute atomic E-state index is 0.702. The SMILES string of the molecule is COc1ccccc1CN(CCCn1ccnc1)C(=S)NCc1ccc(C)cc1. The van der Waals surface area contributed by atoms with E-state index in [1.54, 1.807) is 13.3 Å². The molecule has 3 aromatic rings. The Morgan fingerprint density at radius 1 is 1.17 bits per heavy atom. The molecule has 0 bridgehead atoms. The minimum atomic E-state index is 0.702. The Labute approximate surface area is 178 Å². The molecular weight excluding hydrogens is 380 g/mol. The Balaban J connectivity index is 1.64. The lowest BCUT2D eigenvalue weighted by Crippen LogP contribution is -2.39. The maximum absolute atomic E-state index is 5.75. The summed E-state index contributed by atoms with van der Waals surface area (Å²) < 4.78 is 7.61. The van der Waals surface area contributed by atoms with E-state index in [0.29, 0.717) is 13.1 Å². The molecule has 2 aromatic carbocycles. The Bertz CT molecular complexity index is 894. The van der Waals surface area contributed by atoms with Crippen molar-refractivity contribution in [1.82, 2.24) is 19.8 Å². The lowest BCUT2D eigenvalue weighted by atomic mass is 10.1. The molecule has 0 saturated heterocycles. The fraction of sp³-hybridized carbons (Fsp3) is 0.304. The normalized spacial score (nSPS) is 10.6. The first-order valence-electron chi connectivity index (χ1n) is 9.81. The van der Waals surface area contributed by atoms with E-state index in [1.165, 1.54) is 11.1 Å². The zero-order chi connectivity index (χ0) is 20.5. The fourth-order valence-corrected chi connectivity index (χ4v) is 3.38. The van der Waals surface area contributed by atoms with Crippen molar-refractivity contribution in [3.8, 4) is 5.75 Å². The Morgan fingerprint density at radius 2 is 1.97 bits per heavy atom. The van der Waals surface area contributed by atoms with Crippen molar-refractivity contribution in [3.63, 3.8) is 0 Å². The summed E-state index contributed by atoms with van der Waals surface area (Å²) in [4.78, 5) is 6.32. The minimum Gasteiger partial charge on any atom is -0.496 e. The molecule has 0 saturated carbocycles. The van der Waals surface area contributed by atoms with Crippen molar-refractivity contribution in [2.45, 2.75) is 33.0 Å². The van der Waals surface area contributed by atoms with Crippen molar-refractivity contribution in [3.05, 3.63) is 83.9 Å². The van der Waals surface area contributed by atoms with Crippen LogP contribution in [0.2, 0.25) is 0 Å². The fourth-order valence-electron chi connectivity index (χ4n) is 3.15. The summed E-state index contributed by atoms with van der Waals surface area (Å²) in [6.07, 6.45) is 6.61. The summed E-state index contributed by atoms with van der Waals surface area (Å²) >= 11 is 5.75. The number of benzene rings is 2. The van der Waals surface area contributed by atoms with Crippen molar-refractivity contribution in [2.24, 2.45) is 0 Å². The number of hydrogen-bond acceptors (Lipinski definition) is 3. The summed E-state index contributed by atoms with van der Waals surface area (Å²) in [6, 6.07) is 16.6. The van der Waals surface area contributed by atoms with Crippen LogP contribution in [0, 0.1) is 6.92 Å². The number of methoxy groups -OCH3 is 1. The average molecular weight is 409 g/mol. The lowest BCUT2D eigenvalue weighted by molar-refractivity contribution is 0.365. The van der Waals surface area contributed by atoms with E-state index in [9.17, 15) is 0 Å². The summed E-state index contributed by atoms with van der Waals surface area (Å²) in [5.41, 5.74) is 3.60. The van der Waals surface area contributed by atoms with Crippen LogP contribution >= 0.6 is 12.2 Å². The van der Waals surface area contributed by atoms with E-state index in [0.717, 1.165) is 35.9 Å². The number of aromatic nitrogens is 2. The molecule has 0 aliphatic carbocycles. The number of ether oxygens (including phenoxy) is 1. The van der Waals surface area contributed by atoms with Gasteiger partial charge in [0, 0.05) is 44.1 Å². The number of para-hydroxylation sites is 1. The smallest absolute Gasteiger partial charge is 0.169 e. The Morgan fingerprint density at radius 3 is 2.69 bits per heavy atom. The first-order chi connectivity index (χ1) is 14.2. The number of rotatable bonds is 9. The van der Waals surface area contributed by atoms with Crippen LogP contribution < -0.4 is 10.1 Å². The standard InChI is InChI=1S/C23H28N4OS/c1-19-8-10-20(11-9-19)16-25-23(29)27(14-5-13-26-15-12-24-18-26)17-21-6-3-4-7-22(21)28-2/h3-4,6-12,15,18H,5,13-14,16-17H2,1-2H3,(H,25,29). The molecule has 3 rings (SSSR count). The quantitative estimate of drug-likeness (QED) is 0.539. The number of thiocarbonyl (C=S) groups is 1. The van der Waals surface area contributed by atoms with Gasteiger partial charge in [-0.25, -0.2) is 4.98 Å². The van der Waals surface area contributed by atoms with Crippen LogP contribution in [0.25, 0.3) is 0 Å². The molecular formula is C23H28N4OS. The van der Waals surface area contributed by atoms with Gasteiger partial charge in [-0.15, -0.1) is 0 Å². The van der Waals surface area contributed by atoms with E-state index < -0.39 is 0 Å². The third kappa shape index (κ3) is 6.32. The second-order valence-electron chi connectivity index (χ2n) is 7.03. The second kappa shape index (κ2) is 10.6. The highest BCUT2D eigenvalue weighted by atomic mass is 32.1. The summed E-state index contributed by atoms with van der Waals surface area (Å²) in [5.74, 6) is 0.883. The molecule has 1 heterocycles. The average Bonchev–Trinajstić information content (AvgIpc) is 3.26. The first kappa shape index (κ1) is 20.9. The van der Waals surface area contributed by atoms with Crippen LogP contribution in [0.5, 0.6) is 5.75 Å². The van der Waals surface area contributed by atoms with Gasteiger partial charge >= 0.3 is 0 Å². The van der Waals surface area contributed by atoms with Gasteiger partial charge in [-0.2, -0.15) is 0 Å². The van der Waals surface area contributed by atoms with E-state index in [4.69, 9.17) is 17.0 Å². The van der Waals surface area contributed by atoms with E-state index in [1.807, 2.05) is 30.7 Å². The molecule has 1 aromatic heterocycles. The predicted molar refractivity (Wildman–Crippen MR) is 121 cm³/mol. The second-order valence-corrected chi connectivity index (χ2v) is 7.42. The zero-order valence-corrected chi connectivity index (χ0v) is 17.9. The van der Waals surface area contributed by atoms with Crippen LogP contribution in [0.1, 0.15) is 23.1 Å². The molecule has 0 unspecified atom stereocenters. The van der Waals surface area contributed by atoms with Gasteiger partial charge in [0.2, 0.25) is 0 Å². The number of nitrogens with zero attached hydrogens (tertiary/aromatic N) is 3. The molecule has 1 N–H and O–H groups in total. The Kier molecular flexibility index (Phi) is 7.64. The summed E-state index contributed by atoms with van der Waals surface area (Å²) in [5, 5.41) is 4.17. The van der Waals surface area contributed by atoms with Crippen molar-refractivity contribution < 1.29 is 4.74 Å². The van der Waals surface area contributed by atoms with Gasteiger partial charge in [0.1, 0.15) is 5.75 Å². The molecule has 0 aliphatic rings. The van der Waals surface area contributed by atoms with Crippen molar-refractivity contribution >= 4 is 17.3 Å². The maximum atomic E-state index is 5.75. The molecule has 0 fully saturated rings. The van der Waals surface area contributed by atoms with Crippen molar-refractivity contribution in [1.29, 1.82) is 0 Å². The van der Waals surface area contributed by atoms with Crippen LogP contribution in [0.4, 0.5) is 0 Å². The van der Waals surface area contributed by atoms with E-state index in [-0.39, 0.29) is 0 Å². The number of imidazole rings is 1. The van der Waals surface area contributed by atoms with Gasteiger partial charge in [0.05, 0.1) is 13.4 Å². The van der Waals surface area contributed by atoms with Gasteiger partial charge in [-0.3, -0.25) is 0 Å². The van der Waals surface area contributed by atoms with Gasteiger partial charge < -0.3 is 19.5 Å². The molecule has 0 radical (unpaired) electrons. The zero-order valence-electron chi connectivity index (χ0n) is 17.0. The van der Waals surface area contributed by atoms with Crippen LogP contribution in [0.3, 0.4) is 0 Å². The highest BCUT2D eigenvalue weighted by Gasteiger charge is 2.13.